The van der Waals surface area contributed by atoms with Gasteiger partial charge in [0, 0.05) is 10.9 Å². The second-order valence-electron chi connectivity index (χ2n) is 5.34. The van der Waals surface area contributed by atoms with Crippen molar-refractivity contribution in [1.82, 2.24) is 9.88 Å². The molecule has 2 aromatic rings. The van der Waals surface area contributed by atoms with Crippen LogP contribution < -0.4 is 5.56 Å². The Morgan fingerprint density at radius 3 is 2.79 bits per heavy atom. The third-order valence-electron chi connectivity index (χ3n) is 4.02. The van der Waals surface area contributed by atoms with Crippen molar-refractivity contribution in [3.05, 3.63) is 46.0 Å². The molecule has 1 aliphatic heterocycles. The summed E-state index contributed by atoms with van der Waals surface area (Å²) in [7, 11) is 2.09. The molecule has 2 heterocycles. The van der Waals surface area contributed by atoms with E-state index in [4.69, 9.17) is 0 Å². The van der Waals surface area contributed by atoms with Crippen LogP contribution in [0.3, 0.4) is 0 Å². The molecule has 100 valence electrons. The lowest BCUT2D eigenvalue weighted by Gasteiger charge is -2.28. The van der Waals surface area contributed by atoms with Gasteiger partial charge in [-0.1, -0.05) is 12.1 Å². The zero-order valence-corrected chi connectivity index (χ0v) is 10.9. The number of rotatable bonds is 1. The molecule has 0 bridgehead atoms. The number of likely N-dealkylation sites (tertiary alicyclic amines) is 1. The summed E-state index contributed by atoms with van der Waals surface area (Å²) in [5.74, 6) is -0.0860. The predicted molar refractivity (Wildman–Crippen MR) is 74.0 cm³/mol. The van der Waals surface area contributed by atoms with Crippen LogP contribution in [0.15, 0.2) is 29.1 Å². The molecule has 3 rings (SSSR count). The first-order valence-corrected chi connectivity index (χ1v) is 6.65. The molecular weight excluding hydrogens is 243 g/mol. The summed E-state index contributed by atoms with van der Waals surface area (Å²) in [5, 5.41) is 0.772. The summed E-state index contributed by atoms with van der Waals surface area (Å²) in [6.07, 6.45) is 1.97. The standard InChI is InChI=1S/C15H17FN2O/c1-18-7-5-10(6-8-18)12-9-11-3-2-4-13(16)14(11)17-15(12)19/h2-4,9-10H,5-8H2,1H3,(H,17,19). The minimum Gasteiger partial charge on any atom is -0.319 e. The fraction of sp³-hybridized carbons (Fsp3) is 0.400. The van der Waals surface area contributed by atoms with Crippen molar-refractivity contribution in [1.29, 1.82) is 0 Å². The highest BCUT2D eigenvalue weighted by Crippen LogP contribution is 2.27. The van der Waals surface area contributed by atoms with Crippen LogP contribution in [0.5, 0.6) is 0 Å². The van der Waals surface area contributed by atoms with Crippen molar-refractivity contribution in [3.63, 3.8) is 0 Å². The average molecular weight is 260 g/mol. The number of fused-ring (bicyclic) bond motifs is 1. The maximum Gasteiger partial charge on any atom is 0.251 e. The normalized spacial score (nSPS) is 18.0. The first-order valence-electron chi connectivity index (χ1n) is 6.65. The molecule has 0 aliphatic carbocycles. The van der Waals surface area contributed by atoms with E-state index >= 15 is 0 Å². The largest absolute Gasteiger partial charge is 0.319 e. The van der Waals surface area contributed by atoms with Gasteiger partial charge in [-0.25, -0.2) is 4.39 Å². The predicted octanol–water partition coefficient (Wildman–Crippen LogP) is 2.48. The zero-order valence-electron chi connectivity index (χ0n) is 10.9. The van der Waals surface area contributed by atoms with Crippen LogP contribution in [0.4, 0.5) is 4.39 Å². The highest BCUT2D eigenvalue weighted by atomic mass is 19.1. The van der Waals surface area contributed by atoms with Crippen LogP contribution >= 0.6 is 0 Å². The van der Waals surface area contributed by atoms with Gasteiger partial charge in [0.2, 0.25) is 0 Å². The third-order valence-corrected chi connectivity index (χ3v) is 4.02. The molecule has 1 aliphatic rings. The molecule has 19 heavy (non-hydrogen) atoms. The Balaban J connectivity index is 2.05. The van der Waals surface area contributed by atoms with E-state index in [1.54, 1.807) is 6.07 Å². The van der Waals surface area contributed by atoms with Gasteiger partial charge in [-0.15, -0.1) is 0 Å². The maximum atomic E-state index is 13.6. The third kappa shape index (κ3) is 2.28. The number of hydrogen-bond acceptors (Lipinski definition) is 2. The number of benzene rings is 1. The fourth-order valence-corrected chi connectivity index (χ4v) is 2.83. The Morgan fingerprint density at radius 1 is 1.32 bits per heavy atom. The highest BCUT2D eigenvalue weighted by Gasteiger charge is 2.21. The number of aromatic amines is 1. The summed E-state index contributed by atoms with van der Waals surface area (Å²) in [6.45, 7) is 2.01. The molecule has 0 amide bonds. The first kappa shape index (κ1) is 12.4. The number of halogens is 1. The molecule has 1 fully saturated rings. The van der Waals surface area contributed by atoms with Crippen LogP contribution in [-0.4, -0.2) is 30.0 Å². The number of nitrogens with one attached hydrogen (secondary N) is 1. The van der Waals surface area contributed by atoms with Gasteiger partial charge in [-0.05, 0) is 51.0 Å². The topological polar surface area (TPSA) is 36.1 Å². The first-order chi connectivity index (χ1) is 9.15. The van der Waals surface area contributed by atoms with Crippen molar-refractivity contribution < 1.29 is 4.39 Å². The van der Waals surface area contributed by atoms with E-state index in [0.29, 0.717) is 5.52 Å². The second kappa shape index (κ2) is 4.78. The van der Waals surface area contributed by atoms with Crippen molar-refractivity contribution in [3.8, 4) is 0 Å². The van der Waals surface area contributed by atoms with Crippen molar-refractivity contribution >= 4 is 10.9 Å². The molecule has 3 nitrogen and oxygen atoms in total. The lowest BCUT2D eigenvalue weighted by atomic mass is 9.90. The summed E-state index contributed by atoms with van der Waals surface area (Å²) < 4.78 is 13.6. The summed E-state index contributed by atoms with van der Waals surface area (Å²) in [4.78, 5) is 17.1. The van der Waals surface area contributed by atoms with Gasteiger partial charge >= 0.3 is 0 Å². The Kier molecular flexibility index (Phi) is 3.11. The van der Waals surface area contributed by atoms with Gasteiger partial charge in [0.25, 0.3) is 5.56 Å². The van der Waals surface area contributed by atoms with E-state index < -0.39 is 0 Å². The average Bonchev–Trinajstić information content (AvgIpc) is 2.40. The maximum absolute atomic E-state index is 13.6. The lowest BCUT2D eigenvalue weighted by Crippen LogP contribution is -2.31. The van der Waals surface area contributed by atoms with Gasteiger partial charge in [0.05, 0.1) is 5.52 Å². The minimum absolute atomic E-state index is 0.146. The molecular formula is C15H17FN2O. The molecule has 0 saturated carbocycles. The SMILES string of the molecule is CN1CCC(c2cc3cccc(F)c3[nH]c2=O)CC1. The van der Waals surface area contributed by atoms with Crippen LogP contribution in [0, 0.1) is 5.82 Å². The van der Waals surface area contributed by atoms with E-state index in [0.717, 1.165) is 36.9 Å². The number of H-pyrrole nitrogens is 1. The quantitative estimate of drug-likeness (QED) is 0.855. The Hall–Kier alpha value is -1.68. The van der Waals surface area contributed by atoms with E-state index in [1.165, 1.54) is 6.07 Å². The number of hydrogen-bond donors (Lipinski definition) is 1. The summed E-state index contributed by atoms with van der Waals surface area (Å²) >= 11 is 0. The lowest BCUT2D eigenvalue weighted by molar-refractivity contribution is 0.255. The van der Waals surface area contributed by atoms with Crippen molar-refractivity contribution in [2.75, 3.05) is 20.1 Å². The zero-order chi connectivity index (χ0) is 13.4. The number of aromatic nitrogens is 1. The molecule has 1 aromatic carbocycles. The number of para-hydroxylation sites is 1. The molecule has 4 heteroatoms. The molecule has 1 aromatic heterocycles. The van der Waals surface area contributed by atoms with Crippen molar-refractivity contribution in [2.24, 2.45) is 0 Å². The molecule has 0 atom stereocenters. The van der Waals surface area contributed by atoms with Crippen LogP contribution in [-0.2, 0) is 0 Å². The second-order valence-corrected chi connectivity index (χ2v) is 5.34. The molecule has 0 spiro atoms. The van der Waals surface area contributed by atoms with Crippen LogP contribution in [0.25, 0.3) is 10.9 Å². The smallest absolute Gasteiger partial charge is 0.251 e. The van der Waals surface area contributed by atoms with Gasteiger partial charge in [0.15, 0.2) is 0 Å². The van der Waals surface area contributed by atoms with Crippen LogP contribution in [0.2, 0.25) is 0 Å². The monoisotopic (exact) mass is 260 g/mol. The number of pyridine rings is 1. The van der Waals surface area contributed by atoms with Gasteiger partial charge in [-0.2, -0.15) is 0 Å². The van der Waals surface area contributed by atoms with E-state index in [1.807, 2.05) is 12.1 Å². The minimum atomic E-state index is -0.371. The number of piperidine rings is 1. The highest BCUT2D eigenvalue weighted by molar-refractivity contribution is 5.79. The van der Waals surface area contributed by atoms with E-state index in [2.05, 4.69) is 16.9 Å². The molecule has 1 saturated heterocycles. The Morgan fingerprint density at radius 2 is 2.05 bits per heavy atom. The van der Waals surface area contributed by atoms with Gasteiger partial charge in [-0.3, -0.25) is 4.79 Å². The van der Waals surface area contributed by atoms with Gasteiger partial charge < -0.3 is 9.88 Å². The number of nitrogens with zero attached hydrogens (tertiary/aromatic N) is 1. The van der Waals surface area contributed by atoms with Crippen molar-refractivity contribution in [2.45, 2.75) is 18.8 Å². The van der Waals surface area contributed by atoms with E-state index in [9.17, 15) is 9.18 Å². The van der Waals surface area contributed by atoms with E-state index in [-0.39, 0.29) is 17.3 Å². The molecule has 0 unspecified atom stereocenters. The fourth-order valence-electron chi connectivity index (χ4n) is 2.83. The Bertz CT molecular complexity index is 657. The summed E-state index contributed by atoms with van der Waals surface area (Å²) in [6, 6.07) is 6.74. The van der Waals surface area contributed by atoms with Gasteiger partial charge in [0.1, 0.15) is 5.82 Å². The molecule has 0 radical (unpaired) electrons. The Labute approximate surface area is 111 Å². The summed E-state index contributed by atoms with van der Waals surface area (Å²) in [5.41, 5.74) is 0.961. The molecule has 1 N–H and O–H groups in total. The van der Waals surface area contributed by atoms with Crippen LogP contribution in [0.1, 0.15) is 24.3 Å².